The second-order valence-corrected chi connectivity index (χ2v) is 6.93. The first-order valence-electron chi connectivity index (χ1n) is 8.41. The average Bonchev–Trinajstić information content (AvgIpc) is 3.15. The van der Waals surface area contributed by atoms with Gasteiger partial charge in [0.1, 0.15) is 5.75 Å². The van der Waals surface area contributed by atoms with Crippen molar-refractivity contribution in [3.63, 3.8) is 0 Å². The standard InChI is InChI=1S/C21H17N3O2S/c1-13-8-9-18(26-2)16(11-13)17-12-27-21(23-17)24-20(25)15-7-3-5-14-6-4-10-22-19(14)15/h3-12H,1-2H3,(H,23,24,25). The number of nitrogens with zero attached hydrogens (tertiary/aromatic N) is 2. The Balaban J connectivity index is 1.63. The highest BCUT2D eigenvalue weighted by atomic mass is 32.1. The first kappa shape index (κ1) is 17.2. The summed E-state index contributed by atoms with van der Waals surface area (Å²) >= 11 is 1.38. The zero-order valence-corrected chi connectivity index (χ0v) is 15.7. The molecule has 0 saturated carbocycles. The number of pyridine rings is 1. The summed E-state index contributed by atoms with van der Waals surface area (Å²) < 4.78 is 5.43. The molecular weight excluding hydrogens is 358 g/mol. The number of benzene rings is 2. The molecule has 0 aliphatic carbocycles. The summed E-state index contributed by atoms with van der Waals surface area (Å²) in [5.41, 5.74) is 3.99. The van der Waals surface area contributed by atoms with E-state index in [-0.39, 0.29) is 5.91 Å². The Morgan fingerprint density at radius 3 is 2.85 bits per heavy atom. The smallest absolute Gasteiger partial charge is 0.259 e. The third-order valence-corrected chi connectivity index (χ3v) is 4.99. The fourth-order valence-electron chi connectivity index (χ4n) is 2.93. The number of aryl methyl sites for hydroxylation is 1. The minimum Gasteiger partial charge on any atom is -0.496 e. The van der Waals surface area contributed by atoms with Gasteiger partial charge in [-0.2, -0.15) is 0 Å². The molecule has 5 nitrogen and oxygen atoms in total. The molecule has 0 atom stereocenters. The van der Waals surface area contributed by atoms with Crippen molar-refractivity contribution in [2.24, 2.45) is 0 Å². The highest BCUT2D eigenvalue weighted by Gasteiger charge is 2.15. The van der Waals surface area contributed by atoms with Crippen molar-refractivity contribution in [3.05, 3.63) is 71.2 Å². The lowest BCUT2D eigenvalue weighted by atomic mass is 10.1. The number of fused-ring (bicyclic) bond motifs is 1. The van der Waals surface area contributed by atoms with Crippen LogP contribution in [0, 0.1) is 6.92 Å². The highest BCUT2D eigenvalue weighted by molar-refractivity contribution is 7.14. The molecule has 6 heteroatoms. The largest absolute Gasteiger partial charge is 0.496 e. The number of thiazole rings is 1. The number of nitrogens with one attached hydrogen (secondary N) is 1. The number of carbonyl (C=O) groups is 1. The number of carbonyl (C=O) groups excluding carboxylic acids is 1. The number of hydrogen-bond donors (Lipinski definition) is 1. The quantitative estimate of drug-likeness (QED) is 0.549. The first-order chi connectivity index (χ1) is 13.2. The van der Waals surface area contributed by atoms with E-state index < -0.39 is 0 Å². The van der Waals surface area contributed by atoms with E-state index >= 15 is 0 Å². The van der Waals surface area contributed by atoms with E-state index in [4.69, 9.17) is 4.74 Å². The van der Waals surface area contributed by atoms with Gasteiger partial charge in [0.25, 0.3) is 5.91 Å². The number of ether oxygens (including phenoxy) is 1. The van der Waals surface area contributed by atoms with Crippen LogP contribution in [0.25, 0.3) is 22.2 Å². The molecule has 1 amide bonds. The molecule has 0 spiro atoms. The lowest BCUT2D eigenvalue weighted by molar-refractivity contribution is 0.102. The van der Waals surface area contributed by atoms with E-state index in [2.05, 4.69) is 15.3 Å². The SMILES string of the molecule is COc1ccc(C)cc1-c1csc(NC(=O)c2cccc3cccnc23)n1. The Kier molecular flexibility index (Phi) is 4.56. The van der Waals surface area contributed by atoms with Crippen molar-refractivity contribution in [2.45, 2.75) is 6.92 Å². The van der Waals surface area contributed by atoms with Crippen LogP contribution >= 0.6 is 11.3 Å². The van der Waals surface area contributed by atoms with Gasteiger partial charge in [-0.05, 0) is 31.2 Å². The van der Waals surface area contributed by atoms with Crippen LogP contribution < -0.4 is 10.1 Å². The van der Waals surface area contributed by atoms with Gasteiger partial charge in [0.05, 0.1) is 23.9 Å². The summed E-state index contributed by atoms with van der Waals surface area (Å²) in [6, 6.07) is 15.3. The first-order valence-corrected chi connectivity index (χ1v) is 9.29. The monoisotopic (exact) mass is 375 g/mol. The molecule has 1 N–H and O–H groups in total. The third kappa shape index (κ3) is 3.39. The summed E-state index contributed by atoms with van der Waals surface area (Å²) in [6.45, 7) is 2.02. The molecule has 0 fully saturated rings. The van der Waals surface area contributed by atoms with E-state index in [1.165, 1.54) is 11.3 Å². The van der Waals surface area contributed by atoms with Gasteiger partial charge in [-0.3, -0.25) is 15.1 Å². The molecule has 4 rings (SSSR count). The van der Waals surface area contributed by atoms with E-state index in [1.807, 2.05) is 54.8 Å². The maximum Gasteiger partial charge on any atom is 0.259 e. The van der Waals surface area contributed by atoms with Gasteiger partial charge in [-0.1, -0.05) is 29.8 Å². The van der Waals surface area contributed by atoms with Crippen molar-refractivity contribution in [1.82, 2.24) is 9.97 Å². The highest BCUT2D eigenvalue weighted by Crippen LogP contribution is 2.33. The van der Waals surface area contributed by atoms with E-state index in [0.717, 1.165) is 28.0 Å². The zero-order chi connectivity index (χ0) is 18.8. The van der Waals surface area contributed by atoms with Gasteiger partial charge in [0, 0.05) is 22.5 Å². The third-order valence-electron chi connectivity index (χ3n) is 4.23. The molecule has 0 radical (unpaired) electrons. The van der Waals surface area contributed by atoms with Gasteiger partial charge in [-0.15, -0.1) is 11.3 Å². The summed E-state index contributed by atoms with van der Waals surface area (Å²) in [4.78, 5) is 21.6. The van der Waals surface area contributed by atoms with Crippen molar-refractivity contribution in [1.29, 1.82) is 0 Å². The summed E-state index contributed by atoms with van der Waals surface area (Å²) in [6.07, 6.45) is 1.69. The van der Waals surface area contributed by atoms with Crippen LogP contribution in [0.2, 0.25) is 0 Å². The van der Waals surface area contributed by atoms with Crippen LogP contribution in [0.15, 0.2) is 60.1 Å². The van der Waals surface area contributed by atoms with E-state index in [1.54, 1.807) is 19.4 Å². The van der Waals surface area contributed by atoms with Crippen molar-refractivity contribution >= 4 is 33.3 Å². The number of anilines is 1. The van der Waals surface area contributed by atoms with Crippen LogP contribution in [0.4, 0.5) is 5.13 Å². The minimum absolute atomic E-state index is 0.226. The summed E-state index contributed by atoms with van der Waals surface area (Å²) in [5, 5.41) is 6.25. The van der Waals surface area contributed by atoms with Crippen LogP contribution in [-0.2, 0) is 0 Å². The molecule has 2 heterocycles. The lowest BCUT2D eigenvalue weighted by Gasteiger charge is -2.07. The maximum atomic E-state index is 12.7. The van der Waals surface area contributed by atoms with Gasteiger partial charge in [0.2, 0.25) is 0 Å². The second-order valence-electron chi connectivity index (χ2n) is 6.08. The fourth-order valence-corrected chi connectivity index (χ4v) is 3.63. The van der Waals surface area contributed by atoms with Gasteiger partial charge >= 0.3 is 0 Å². The second kappa shape index (κ2) is 7.17. The Morgan fingerprint density at radius 1 is 1.15 bits per heavy atom. The van der Waals surface area contributed by atoms with E-state index in [9.17, 15) is 4.79 Å². The molecule has 2 aromatic heterocycles. The van der Waals surface area contributed by atoms with Crippen LogP contribution in [0.3, 0.4) is 0 Å². The number of amides is 1. The molecule has 0 aliphatic rings. The fraction of sp³-hybridized carbons (Fsp3) is 0.0952. The molecule has 27 heavy (non-hydrogen) atoms. The number of hydrogen-bond acceptors (Lipinski definition) is 5. The predicted molar refractivity (Wildman–Crippen MR) is 109 cm³/mol. The maximum absolute atomic E-state index is 12.7. The Hall–Kier alpha value is -3.25. The predicted octanol–water partition coefficient (Wildman–Crippen LogP) is 4.93. The summed E-state index contributed by atoms with van der Waals surface area (Å²) in [5.74, 6) is 0.526. The lowest BCUT2D eigenvalue weighted by Crippen LogP contribution is -2.12. The zero-order valence-electron chi connectivity index (χ0n) is 14.9. The normalized spacial score (nSPS) is 10.7. The van der Waals surface area contributed by atoms with Gasteiger partial charge in [0.15, 0.2) is 5.13 Å². The molecule has 4 aromatic rings. The molecule has 0 unspecified atom stereocenters. The molecule has 0 aliphatic heterocycles. The molecule has 2 aromatic carbocycles. The van der Waals surface area contributed by atoms with Gasteiger partial charge in [-0.25, -0.2) is 4.98 Å². The Bertz CT molecular complexity index is 1130. The van der Waals surface area contributed by atoms with Crippen molar-refractivity contribution in [2.75, 3.05) is 12.4 Å². The summed E-state index contributed by atoms with van der Waals surface area (Å²) in [7, 11) is 1.64. The van der Waals surface area contributed by atoms with Crippen LogP contribution in [-0.4, -0.2) is 23.0 Å². The molecule has 0 saturated heterocycles. The number of para-hydroxylation sites is 1. The van der Waals surface area contributed by atoms with Crippen LogP contribution in [0.1, 0.15) is 15.9 Å². The van der Waals surface area contributed by atoms with Crippen LogP contribution in [0.5, 0.6) is 5.75 Å². The number of aromatic nitrogens is 2. The number of methoxy groups -OCH3 is 1. The Labute approximate surface area is 160 Å². The Morgan fingerprint density at radius 2 is 2.00 bits per heavy atom. The topological polar surface area (TPSA) is 64.1 Å². The van der Waals surface area contributed by atoms with E-state index in [0.29, 0.717) is 16.2 Å². The molecular formula is C21H17N3O2S. The minimum atomic E-state index is -0.226. The molecule has 0 bridgehead atoms. The average molecular weight is 375 g/mol. The van der Waals surface area contributed by atoms with Crippen molar-refractivity contribution in [3.8, 4) is 17.0 Å². The van der Waals surface area contributed by atoms with Crippen molar-refractivity contribution < 1.29 is 9.53 Å². The van der Waals surface area contributed by atoms with Gasteiger partial charge < -0.3 is 4.74 Å². The molecule has 134 valence electrons. The number of rotatable bonds is 4.